The number of sulfone groups is 1. The number of piperidine rings is 1. The molecule has 1 saturated heterocycles. The Morgan fingerprint density at radius 2 is 1.85 bits per heavy atom. The summed E-state index contributed by atoms with van der Waals surface area (Å²) >= 11 is 0. The van der Waals surface area contributed by atoms with Gasteiger partial charge in [0.05, 0.1) is 11.5 Å². The second-order valence-corrected chi connectivity index (χ2v) is 10.1. The van der Waals surface area contributed by atoms with Gasteiger partial charge < -0.3 is 5.32 Å². The predicted molar refractivity (Wildman–Crippen MR) is 80.9 cm³/mol. The van der Waals surface area contributed by atoms with Crippen LogP contribution in [0.3, 0.4) is 0 Å². The summed E-state index contributed by atoms with van der Waals surface area (Å²) in [7, 11) is -6.80. The van der Waals surface area contributed by atoms with Crippen molar-refractivity contribution in [2.75, 3.05) is 37.4 Å². The van der Waals surface area contributed by atoms with Crippen molar-refractivity contribution in [2.45, 2.75) is 32.7 Å². The van der Waals surface area contributed by atoms with E-state index in [-0.39, 0.29) is 17.5 Å². The van der Waals surface area contributed by atoms with Gasteiger partial charge in [0.25, 0.3) is 0 Å². The third-order valence-corrected chi connectivity index (χ3v) is 6.69. The summed E-state index contributed by atoms with van der Waals surface area (Å²) in [6, 6.07) is -0.151. The fourth-order valence-electron chi connectivity index (χ4n) is 2.35. The molecule has 1 aliphatic heterocycles. The number of sulfonamides is 1. The van der Waals surface area contributed by atoms with Crippen molar-refractivity contribution >= 4 is 19.9 Å². The minimum absolute atomic E-state index is 0.151. The Morgan fingerprint density at radius 3 is 2.30 bits per heavy atom. The summed E-state index contributed by atoms with van der Waals surface area (Å²) in [5.74, 6) is -0.342. The molecule has 20 heavy (non-hydrogen) atoms. The van der Waals surface area contributed by atoms with E-state index in [1.807, 2.05) is 13.8 Å². The van der Waals surface area contributed by atoms with Crippen LogP contribution in [0.15, 0.2) is 0 Å². The van der Waals surface area contributed by atoms with Crippen molar-refractivity contribution in [3.8, 4) is 0 Å². The number of hydrogen-bond acceptors (Lipinski definition) is 5. The Morgan fingerprint density at radius 1 is 1.20 bits per heavy atom. The van der Waals surface area contributed by atoms with Crippen molar-refractivity contribution in [3.63, 3.8) is 0 Å². The Hall–Kier alpha value is -0.180. The molecule has 8 heteroatoms. The average molecular weight is 326 g/mol. The van der Waals surface area contributed by atoms with Crippen LogP contribution in [0.4, 0.5) is 0 Å². The molecule has 0 bridgehead atoms. The van der Waals surface area contributed by atoms with Gasteiger partial charge in [0, 0.05) is 18.8 Å². The number of hydrogen-bond donors (Lipinski definition) is 1. The Kier molecular flexibility index (Phi) is 6.43. The quantitative estimate of drug-likeness (QED) is 0.716. The van der Waals surface area contributed by atoms with Gasteiger partial charge in [-0.25, -0.2) is 16.8 Å². The van der Waals surface area contributed by atoms with E-state index < -0.39 is 19.9 Å². The summed E-state index contributed by atoms with van der Waals surface area (Å²) in [5.41, 5.74) is 0. The third kappa shape index (κ3) is 6.07. The molecule has 0 aromatic heterocycles. The van der Waals surface area contributed by atoms with E-state index in [1.165, 1.54) is 4.31 Å². The summed E-state index contributed by atoms with van der Waals surface area (Å²) in [5, 5.41) is 3.27. The molecule has 0 aromatic rings. The van der Waals surface area contributed by atoms with E-state index in [0.717, 1.165) is 32.2 Å². The molecule has 6 nitrogen and oxygen atoms in total. The molecule has 1 unspecified atom stereocenters. The van der Waals surface area contributed by atoms with Crippen LogP contribution in [-0.4, -0.2) is 64.6 Å². The SMILES string of the molecule is CC(C)N(CC1CCCNC1)S(=O)(=O)CCS(C)(=O)=O. The second-order valence-electron chi connectivity index (χ2n) is 5.82. The standard InChI is InChI=1S/C12H26N2O4S2/c1-11(2)14(10-12-5-4-6-13-9-12)20(17,18)8-7-19(3,15)16/h11-13H,4-10H2,1-3H3. The highest BCUT2D eigenvalue weighted by Gasteiger charge is 2.29. The lowest BCUT2D eigenvalue weighted by molar-refractivity contribution is 0.264. The molecular formula is C12H26N2O4S2. The van der Waals surface area contributed by atoms with Crippen molar-refractivity contribution in [1.82, 2.24) is 9.62 Å². The monoisotopic (exact) mass is 326 g/mol. The third-order valence-electron chi connectivity index (χ3n) is 3.48. The molecule has 1 rings (SSSR count). The maximum Gasteiger partial charge on any atom is 0.215 e. The van der Waals surface area contributed by atoms with Gasteiger partial charge in [-0.05, 0) is 45.7 Å². The Bertz CT molecular complexity index is 494. The van der Waals surface area contributed by atoms with Crippen LogP contribution in [0.1, 0.15) is 26.7 Å². The Labute approximate surface area is 122 Å². The first-order chi connectivity index (χ1) is 9.12. The van der Waals surface area contributed by atoms with Crippen LogP contribution >= 0.6 is 0 Å². The van der Waals surface area contributed by atoms with Crippen LogP contribution in [0.2, 0.25) is 0 Å². The van der Waals surface area contributed by atoms with E-state index in [1.54, 1.807) is 0 Å². The largest absolute Gasteiger partial charge is 0.316 e. The zero-order valence-electron chi connectivity index (χ0n) is 12.5. The lowest BCUT2D eigenvalue weighted by Crippen LogP contribution is -2.45. The van der Waals surface area contributed by atoms with Crippen LogP contribution < -0.4 is 5.32 Å². The summed E-state index contributed by atoms with van der Waals surface area (Å²) in [6.07, 6.45) is 3.13. The van der Waals surface area contributed by atoms with Gasteiger partial charge >= 0.3 is 0 Å². The summed E-state index contributed by atoms with van der Waals surface area (Å²) in [4.78, 5) is 0. The van der Waals surface area contributed by atoms with Crippen molar-refractivity contribution in [1.29, 1.82) is 0 Å². The topological polar surface area (TPSA) is 83.6 Å². The average Bonchev–Trinajstić information content (AvgIpc) is 2.34. The molecule has 0 amide bonds. The maximum atomic E-state index is 12.3. The van der Waals surface area contributed by atoms with Crippen LogP contribution in [0, 0.1) is 5.92 Å². The predicted octanol–water partition coefficient (Wildman–Crippen LogP) is 0.0708. The van der Waals surface area contributed by atoms with Crippen LogP contribution in [-0.2, 0) is 19.9 Å². The number of nitrogens with zero attached hydrogens (tertiary/aromatic N) is 1. The first-order valence-electron chi connectivity index (χ1n) is 7.00. The molecule has 1 heterocycles. The first kappa shape index (κ1) is 17.9. The fourth-order valence-corrected chi connectivity index (χ4v) is 5.72. The lowest BCUT2D eigenvalue weighted by atomic mass is 9.99. The molecular weight excluding hydrogens is 300 g/mol. The van der Waals surface area contributed by atoms with Gasteiger partial charge in [0.1, 0.15) is 9.84 Å². The van der Waals surface area contributed by atoms with E-state index in [2.05, 4.69) is 5.32 Å². The molecule has 1 atom stereocenters. The highest BCUT2D eigenvalue weighted by molar-refractivity contribution is 7.93. The van der Waals surface area contributed by atoms with Gasteiger partial charge in [-0.2, -0.15) is 4.31 Å². The number of nitrogens with one attached hydrogen (secondary N) is 1. The lowest BCUT2D eigenvalue weighted by Gasteiger charge is -2.32. The van der Waals surface area contributed by atoms with E-state index in [9.17, 15) is 16.8 Å². The van der Waals surface area contributed by atoms with Gasteiger partial charge in [-0.1, -0.05) is 0 Å². The molecule has 1 aliphatic rings. The van der Waals surface area contributed by atoms with Gasteiger partial charge in [0.15, 0.2) is 0 Å². The molecule has 0 radical (unpaired) electrons. The van der Waals surface area contributed by atoms with Crippen LogP contribution in [0.25, 0.3) is 0 Å². The van der Waals surface area contributed by atoms with E-state index in [0.29, 0.717) is 12.5 Å². The summed E-state index contributed by atoms with van der Waals surface area (Å²) < 4.78 is 48.5. The van der Waals surface area contributed by atoms with Crippen molar-refractivity contribution < 1.29 is 16.8 Å². The normalized spacial score (nSPS) is 21.6. The van der Waals surface area contributed by atoms with Gasteiger partial charge in [-0.15, -0.1) is 0 Å². The molecule has 0 saturated carbocycles. The van der Waals surface area contributed by atoms with E-state index >= 15 is 0 Å². The first-order valence-corrected chi connectivity index (χ1v) is 10.7. The minimum Gasteiger partial charge on any atom is -0.316 e. The summed E-state index contributed by atoms with van der Waals surface area (Å²) in [6.45, 7) is 5.93. The minimum atomic E-state index is -3.53. The zero-order chi connectivity index (χ0) is 15.4. The highest BCUT2D eigenvalue weighted by Crippen LogP contribution is 2.17. The van der Waals surface area contributed by atoms with Gasteiger partial charge in [0.2, 0.25) is 10.0 Å². The smallest absolute Gasteiger partial charge is 0.215 e. The van der Waals surface area contributed by atoms with Crippen molar-refractivity contribution in [2.24, 2.45) is 5.92 Å². The second kappa shape index (κ2) is 7.20. The molecule has 0 spiro atoms. The molecule has 0 aliphatic carbocycles. The highest BCUT2D eigenvalue weighted by atomic mass is 32.2. The molecule has 120 valence electrons. The maximum absolute atomic E-state index is 12.3. The number of rotatable bonds is 7. The Balaban J connectivity index is 2.72. The molecule has 1 N–H and O–H groups in total. The molecule has 1 fully saturated rings. The van der Waals surface area contributed by atoms with Gasteiger partial charge in [-0.3, -0.25) is 0 Å². The van der Waals surface area contributed by atoms with Crippen LogP contribution in [0.5, 0.6) is 0 Å². The zero-order valence-corrected chi connectivity index (χ0v) is 14.1. The fraction of sp³-hybridized carbons (Fsp3) is 1.00. The van der Waals surface area contributed by atoms with Crippen molar-refractivity contribution in [3.05, 3.63) is 0 Å². The molecule has 0 aromatic carbocycles. The van der Waals surface area contributed by atoms with E-state index in [4.69, 9.17) is 0 Å².